The van der Waals surface area contributed by atoms with Crippen molar-refractivity contribution in [1.82, 2.24) is 9.55 Å². The molecular weight excluding hydrogens is 248 g/mol. The smallest absolute Gasteiger partial charge is 0.328 e. The molecule has 0 aliphatic rings. The van der Waals surface area contributed by atoms with Gasteiger partial charge in [0.15, 0.2) is 0 Å². The SMILES string of the molecule is O=c1[nH]cc(O)n1CCCCCCBr. The number of nitrogens with one attached hydrogen (secondary N) is 1. The molecule has 0 saturated heterocycles. The quantitative estimate of drug-likeness (QED) is 0.607. The van der Waals surface area contributed by atoms with Crippen molar-refractivity contribution in [3.8, 4) is 5.88 Å². The second-order valence-electron chi connectivity index (χ2n) is 3.21. The summed E-state index contributed by atoms with van der Waals surface area (Å²) in [6.45, 7) is 0.594. The minimum absolute atomic E-state index is 0.0236. The van der Waals surface area contributed by atoms with E-state index in [1.165, 1.54) is 10.8 Å². The van der Waals surface area contributed by atoms with E-state index in [-0.39, 0.29) is 11.6 Å². The third-order valence-corrected chi connectivity index (χ3v) is 2.67. The summed E-state index contributed by atoms with van der Waals surface area (Å²) in [7, 11) is 0. The molecule has 0 spiro atoms. The molecule has 1 aromatic rings. The maximum absolute atomic E-state index is 11.1. The van der Waals surface area contributed by atoms with Crippen molar-refractivity contribution in [1.29, 1.82) is 0 Å². The summed E-state index contributed by atoms with van der Waals surface area (Å²) < 4.78 is 1.36. The molecule has 0 amide bonds. The molecule has 5 heteroatoms. The second kappa shape index (κ2) is 5.90. The first-order valence-corrected chi connectivity index (χ1v) is 5.91. The molecule has 0 radical (unpaired) electrons. The molecule has 0 saturated carbocycles. The maximum Gasteiger partial charge on any atom is 0.328 e. The largest absolute Gasteiger partial charge is 0.493 e. The lowest BCUT2D eigenvalue weighted by Crippen LogP contribution is -2.16. The number of aromatic amines is 1. The van der Waals surface area contributed by atoms with Crippen molar-refractivity contribution in [3.63, 3.8) is 0 Å². The van der Waals surface area contributed by atoms with Crippen LogP contribution in [-0.2, 0) is 6.54 Å². The molecule has 1 heterocycles. The van der Waals surface area contributed by atoms with E-state index in [4.69, 9.17) is 0 Å². The van der Waals surface area contributed by atoms with Gasteiger partial charge in [0.2, 0.25) is 5.88 Å². The van der Waals surface area contributed by atoms with Crippen molar-refractivity contribution in [2.45, 2.75) is 32.2 Å². The zero-order chi connectivity index (χ0) is 10.4. The van der Waals surface area contributed by atoms with E-state index in [1.54, 1.807) is 0 Å². The highest BCUT2D eigenvalue weighted by Crippen LogP contribution is 2.07. The Bertz CT molecular complexity index is 319. The van der Waals surface area contributed by atoms with Crippen LogP contribution in [0.25, 0.3) is 0 Å². The predicted molar refractivity (Wildman–Crippen MR) is 59.0 cm³/mol. The Labute approximate surface area is 91.1 Å². The van der Waals surface area contributed by atoms with Gasteiger partial charge in [-0.3, -0.25) is 4.57 Å². The lowest BCUT2D eigenvalue weighted by molar-refractivity contribution is 0.406. The van der Waals surface area contributed by atoms with Crippen LogP contribution in [0.4, 0.5) is 0 Å². The summed E-state index contributed by atoms with van der Waals surface area (Å²) in [5.41, 5.74) is -0.233. The molecule has 1 aromatic heterocycles. The summed E-state index contributed by atoms with van der Waals surface area (Å²) in [5.74, 6) is 0.0236. The Hall–Kier alpha value is -0.710. The van der Waals surface area contributed by atoms with Crippen LogP contribution < -0.4 is 5.69 Å². The highest BCUT2D eigenvalue weighted by molar-refractivity contribution is 9.09. The van der Waals surface area contributed by atoms with Crippen LogP contribution in [0.15, 0.2) is 11.0 Å². The van der Waals surface area contributed by atoms with Gasteiger partial charge in [0.1, 0.15) is 0 Å². The topological polar surface area (TPSA) is 58.0 Å². The van der Waals surface area contributed by atoms with E-state index < -0.39 is 0 Å². The standard InChI is InChI=1S/C9H15BrN2O2/c10-5-3-1-2-4-6-12-8(13)7-11-9(12)14/h7,13H,1-6H2,(H,11,14). The van der Waals surface area contributed by atoms with Crippen molar-refractivity contribution in [2.24, 2.45) is 0 Å². The van der Waals surface area contributed by atoms with Gasteiger partial charge in [0, 0.05) is 11.9 Å². The molecule has 1 rings (SSSR count). The Morgan fingerprint density at radius 3 is 2.64 bits per heavy atom. The van der Waals surface area contributed by atoms with E-state index in [0.717, 1.165) is 31.0 Å². The lowest BCUT2D eigenvalue weighted by Gasteiger charge is -2.01. The lowest BCUT2D eigenvalue weighted by atomic mass is 10.2. The van der Waals surface area contributed by atoms with E-state index in [0.29, 0.717) is 6.54 Å². The third kappa shape index (κ3) is 3.21. The average Bonchev–Trinajstić information content (AvgIpc) is 2.48. The number of rotatable bonds is 6. The van der Waals surface area contributed by atoms with Crippen molar-refractivity contribution >= 4 is 15.9 Å². The molecule has 2 N–H and O–H groups in total. The highest BCUT2D eigenvalue weighted by Gasteiger charge is 2.02. The molecule has 0 aliphatic carbocycles. The normalized spacial score (nSPS) is 10.6. The van der Waals surface area contributed by atoms with Crippen LogP contribution in [-0.4, -0.2) is 20.0 Å². The number of aromatic hydroxyl groups is 1. The molecule has 0 atom stereocenters. The first kappa shape index (κ1) is 11.4. The molecule has 0 aromatic carbocycles. The molecule has 0 bridgehead atoms. The Kier molecular flexibility index (Phi) is 4.79. The highest BCUT2D eigenvalue weighted by atomic mass is 79.9. The molecule has 0 aliphatic heterocycles. The van der Waals surface area contributed by atoms with Crippen LogP contribution in [0.1, 0.15) is 25.7 Å². The van der Waals surface area contributed by atoms with Crippen LogP contribution in [0.2, 0.25) is 0 Å². The van der Waals surface area contributed by atoms with Gasteiger partial charge in [-0.25, -0.2) is 4.79 Å². The van der Waals surface area contributed by atoms with Gasteiger partial charge in [-0.2, -0.15) is 0 Å². The first-order chi connectivity index (χ1) is 6.75. The van der Waals surface area contributed by atoms with Gasteiger partial charge in [0.25, 0.3) is 0 Å². The first-order valence-electron chi connectivity index (χ1n) is 4.79. The third-order valence-electron chi connectivity index (χ3n) is 2.11. The zero-order valence-electron chi connectivity index (χ0n) is 8.00. The molecular formula is C9H15BrN2O2. The fourth-order valence-corrected chi connectivity index (χ4v) is 1.72. The van der Waals surface area contributed by atoms with E-state index >= 15 is 0 Å². The average molecular weight is 263 g/mol. The number of nitrogens with zero attached hydrogens (tertiary/aromatic N) is 1. The number of unbranched alkanes of at least 4 members (excludes halogenated alkanes) is 3. The monoisotopic (exact) mass is 262 g/mol. The minimum atomic E-state index is -0.233. The Morgan fingerprint density at radius 1 is 1.36 bits per heavy atom. The van der Waals surface area contributed by atoms with Crippen molar-refractivity contribution in [3.05, 3.63) is 16.7 Å². The summed E-state index contributed by atoms with van der Waals surface area (Å²) in [4.78, 5) is 13.5. The number of imidazole rings is 1. The Morgan fingerprint density at radius 2 is 2.07 bits per heavy atom. The van der Waals surface area contributed by atoms with Gasteiger partial charge < -0.3 is 10.1 Å². The Balaban J connectivity index is 2.28. The van der Waals surface area contributed by atoms with Gasteiger partial charge in [-0.05, 0) is 12.8 Å². The number of alkyl halides is 1. The summed E-state index contributed by atoms with van der Waals surface area (Å²) >= 11 is 3.36. The zero-order valence-corrected chi connectivity index (χ0v) is 9.59. The van der Waals surface area contributed by atoms with Crippen LogP contribution >= 0.6 is 15.9 Å². The molecule has 80 valence electrons. The number of hydrogen-bond acceptors (Lipinski definition) is 2. The summed E-state index contributed by atoms with van der Waals surface area (Å²) in [5, 5.41) is 10.3. The van der Waals surface area contributed by atoms with Gasteiger partial charge in [-0.1, -0.05) is 28.8 Å². The molecule has 4 nitrogen and oxygen atoms in total. The summed E-state index contributed by atoms with van der Waals surface area (Å²) in [6.07, 6.45) is 5.65. The number of aromatic nitrogens is 2. The number of hydrogen-bond donors (Lipinski definition) is 2. The van der Waals surface area contributed by atoms with E-state index in [2.05, 4.69) is 20.9 Å². The maximum atomic E-state index is 11.1. The predicted octanol–water partition coefficient (Wildman–Crippen LogP) is 1.84. The van der Waals surface area contributed by atoms with Crippen LogP contribution in [0.3, 0.4) is 0 Å². The number of halogens is 1. The van der Waals surface area contributed by atoms with Gasteiger partial charge in [-0.15, -0.1) is 0 Å². The molecule has 0 fully saturated rings. The van der Waals surface area contributed by atoms with Crippen molar-refractivity contribution < 1.29 is 5.11 Å². The number of H-pyrrole nitrogens is 1. The van der Waals surface area contributed by atoms with Gasteiger partial charge in [0.05, 0.1) is 6.20 Å². The minimum Gasteiger partial charge on any atom is -0.493 e. The molecule has 0 unspecified atom stereocenters. The van der Waals surface area contributed by atoms with E-state index in [9.17, 15) is 9.90 Å². The van der Waals surface area contributed by atoms with Crippen molar-refractivity contribution in [2.75, 3.05) is 5.33 Å². The van der Waals surface area contributed by atoms with E-state index in [1.807, 2.05) is 0 Å². The summed E-state index contributed by atoms with van der Waals surface area (Å²) in [6, 6.07) is 0. The molecule has 14 heavy (non-hydrogen) atoms. The fourth-order valence-electron chi connectivity index (χ4n) is 1.32. The van der Waals surface area contributed by atoms with Crippen LogP contribution in [0, 0.1) is 0 Å². The van der Waals surface area contributed by atoms with Gasteiger partial charge >= 0.3 is 5.69 Å². The second-order valence-corrected chi connectivity index (χ2v) is 4.00. The van der Waals surface area contributed by atoms with Crippen LogP contribution in [0.5, 0.6) is 5.88 Å². The fraction of sp³-hybridized carbons (Fsp3) is 0.667.